The highest BCUT2D eigenvalue weighted by Gasteiger charge is 2.31. The summed E-state index contributed by atoms with van der Waals surface area (Å²) in [7, 11) is 0. The number of phenols is 1. The highest BCUT2D eigenvalue weighted by atomic mass is 32.1. The first-order valence-corrected chi connectivity index (χ1v) is 8.36. The van der Waals surface area contributed by atoms with Crippen LogP contribution >= 0.6 is 11.3 Å². The summed E-state index contributed by atoms with van der Waals surface area (Å²) in [6.07, 6.45) is 0. The van der Waals surface area contributed by atoms with Gasteiger partial charge < -0.3 is 15.1 Å². The molecule has 0 aliphatic carbocycles. The topological polar surface area (TPSA) is 80.4 Å². The van der Waals surface area contributed by atoms with E-state index >= 15 is 0 Å². The molecule has 0 radical (unpaired) electrons. The Hall–Kier alpha value is -2.86. The van der Waals surface area contributed by atoms with Crippen LogP contribution in [0.2, 0.25) is 0 Å². The first-order valence-electron chi connectivity index (χ1n) is 7.48. The van der Waals surface area contributed by atoms with Gasteiger partial charge in [-0.05, 0) is 19.1 Å². The van der Waals surface area contributed by atoms with Crippen molar-refractivity contribution in [2.75, 3.05) is 11.4 Å². The minimum atomic E-state index is 0.145. The molecule has 2 heterocycles. The molecule has 0 saturated heterocycles. The van der Waals surface area contributed by atoms with E-state index in [1.54, 1.807) is 17.0 Å². The van der Waals surface area contributed by atoms with Gasteiger partial charge in [0.25, 0.3) is 0 Å². The highest BCUT2D eigenvalue weighted by Crippen LogP contribution is 2.37. The van der Waals surface area contributed by atoms with Crippen LogP contribution in [0.25, 0.3) is 16.3 Å². The van der Waals surface area contributed by atoms with Crippen LogP contribution in [0.4, 0.5) is 5.69 Å². The van der Waals surface area contributed by atoms with Gasteiger partial charge in [-0.25, -0.2) is 4.98 Å². The van der Waals surface area contributed by atoms with Crippen molar-refractivity contribution >= 4 is 39.2 Å². The Morgan fingerprint density at radius 3 is 2.62 bits per heavy atom. The normalized spacial score (nSPS) is 14.9. The van der Waals surface area contributed by atoms with Gasteiger partial charge in [-0.15, -0.1) is 11.3 Å². The van der Waals surface area contributed by atoms with Crippen LogP contribution in [0.5, 0.6) is 5.75 Å². The van der Waals surface area contributed by atoms with Crippen molar-refractivity contribution < 1.29 is 10.2 Å². The molecule has 0 bridgehead atoms. The van der Waals surface area contributed by atoms with Gasteiger partial charge >= 0.3 is 0 Å². The summed E-state index contributed by atoms with van der Waals surface area (Å²) in [6, 6.07) is 10.9. The molecule has 4 rings (SSSR count). The molecule has 1 aromatic heterocycles. The van der Waals surface area contributed by atoms with Gasteiger partial charge in [0.2, 0.25) is 0 Å². The molecule has 0 unspecified atom stereocenters. The second kappa shape index (κ2) is 5.35. The van der Waals surface area contributed by atoms with Crippen molar-refractivity contribution in [3.63, 3.8) is 0 Å². The van der Waals surface area contributed by atoms with Crippen molar-refractivity contribution in [2.24, 2.45) is 0 Å². The average Bonchev–Trinajstić information content (AvgIpc) is 3.10. The minimum absolute atomic E-state index is 0.145. The van der Waals surface area contributed by atoms with E-state index in [-0.39, 0.29) is 23.9 Å². The summed E-state index contributed by atoms with van der Waals surface area (Å²) in [5, 5.41) is 33.1. The monoisotopic (exact) mass is 337 g/mol. The van der Waals surface area contributed by atoms with Gasteiger partial charge in [0.15, 0.2) is 0 Å². The molecule has 2 aromatic carbocycles. The first-order chi connectivity index (χ1) is 11.6. The molecular weight excluding hydrogens is 322 g/mol. The van der Waals surface area contributed by atoms with E-state index < -0.39 is 0 Å². The zero-order chi connectivity index (χ0) is 16.8. The van der Waals surface area contributed by atoms with Gasteiger partial charge in [0.1, 0.15) is 22.4 Å². The van der Waals surface area contributed by atoms with Crippen LogP contribution in [0.1, 0.15) is 10.7 Å². The predicted octanol–water partition coefficient (Wildman–Crippen LogP) is 4.08. The van der Waals surface area contributed by atoms with Crippen LogP contribution < -0.4 is 4.90 Å². The fourth-order valence-electron chi connectivity index (χ4n) is 2.99. The summed E-state index contributed by atoms with van der Waals surface area (Å²) in [4.78, 5) is 6.13. The lowest BCUT2D eigenvalue weighted by Crippen LogP contribution is -2.26. The molecule has 5 nitrogen and oxygen atoms in total. The van der Waals surface area contributed by atoms with Gasteiger partial charge in [-0.1, -0.05) is 24.3 Å². The molecule has 3 aromatic rings. The fourth-order valence-corrected chi connectivity index (χ4v) is 3.85. The number of fused-ring (bicyclic) bond motifs is 1. The number of aromatic hydroxyl groups is 1. The Labute approximate surface area is 142 Å². The maximum Gasteiger partial charge on any atom is 0.139 e. The number of benzene rings is 2. The zero-order valence-electron chi connectivity index (χ0n) is 12.9. The number of aromatic nitrogens is 1. The Balaban J connectivity index is 1.81. The van der Waals surface area contributed by atoms with E-state index in [4.69, 9.17) is 5.41 Å². The lowest BCUT2D eigenvalue weighted by atomic mass is 10.1. The summed E-state index contributed by atoms with van der Waals surface area (Å²) in [5.74, 6) is 0.567. The van der Waals surface area contributed by atoms with E-state index in [2.05, 4.69) is 4.98 Å². The smallest absolute Gasteiger partial charge is 0.139 e. The number of hydrogen-bond donors (Lipinski definition) is 3. The minimum Gasteiger partial charge on any atom is -0.510 e. The van der Waals surface area contributed by atoms with Crippen LogP contribution in [0.3, 0.4) is 0 Å². The van der Waals surface area contributed by atoms with Gasteiger partial charge in [0, 0.05) is 21.8 Å². The molecule has 0 saturated carbocycles. The number of aryl methyl sites for hydroxylation is 1. The maximum absolute atomic E-state index is 10.4. The van der Waals surface area contributed by atoms with Crippen LogP contribution in [0, 0.1) is 12.3 Å². The standard InChI is InChI=1S/C18H15N3O2S/c1-10-9-24-18(20-10)16-15(23)8-21(17(16)19)13-6-2-5-12-11(13)4-3-7-14(12)22/h2-7,9,19,22-23H,8H2,1H3. The summed E-state index contributed by atoms with van der Waals surface area (Å²) in [6.45, 7) is 2.11. The van der Waals surface area contributed by atoms with Crippen molar-refractivity contribution in [2.45, 2.75) is 6.92 Å². The highest BCUT2D eigenvalue weighted by molar-refractivity contribution is 7.11. The maximum atomic E-state index is 10.4. The Morgan fingerprint density at radius 1 is 1.12 bits per heavy atom. The number of phenolic OH excluding ortho intramolecular Hbond substituents is 1. The van der Waals surface area contributed by atoms with E-state index in [9.17, 15) is 10.2 Å². The number of amidine groups is 1. The molecule has 1 aliphatic rings. The molecule has 3 N–H and O–H groups in total. The zero-order valence-corrected chi connectivity index (χ0v) is 13.8. The lowest BCUT2D eigenvalue weighted by Gasteiger charge is -2.21. The number of rotatable bonds is 2. The molecule has 0 fully saturated rings. The molecule has 1 aliphatic heterocycles. The van der Waals surface area contributed by atoms with Crippen molar-refractivity contribution in [1.82, 2.24) is 4.98 Å². The quantitative estimate of drug-likeness (QED) is 0.658. The number of anilines is 1. The number of nitrogens with zero attached hydrogens (tertiary/aromatic N) is 2. The Bertz CT molecular complexity index is 1010. The van der Waals surface area contributed by atoms with Crippen molar-refractivity contribution in [1.29, 1.82) is 5.41 Å². The second-order valence-corrected chi connectivity index (χ2v) is 6.56. The third-order valence-corrected chi connectivity index (χ3v) is 5.08. The molecule has 6 heteroatoms. The van der Waals surface area contributed by atoms with E-state index in [1.807, 2.05) is 36.6 Å². The van der Waals surface area contributed by atoms with Crippen molar-refractivity contribution in [3.8, 4) is 5.75 Å². The third kappa shape index (κ3) is 2.15. The molecular formula is C18H15N3O2S. The second-order valence-electron chi connectivity index (χ2n) is 5.70. The number of aliphatic hydroxyl groups excluding tert-OH is 1. The molecule has 0 atom stereocenters. The Kier molecular flexibility index (Phi) is 3.28. The number of thiazole rings is 1. The van der Waals surface area contributed by atoms with Crippen molar-refractivity contribution in [3.05, 3.63) is 58.2 Å². The Morgan fingerprint density at radius 2 is 1.88 bits per heavy atom. The number of aliphatic hydroxyl groups is 1. The number of hydrogen-bond acceptors (Lipinski definition) is 5. The van der Waals surface area contributed by atoms with Gasteiger partial charge in [-0.2, -0.15) is 0 Å². The van der Waals surface area contributed by atoms with Gasteiger partial charge in [0.05, 0.1) is 17.8 Å². The van der Waals surface area contributed by atoms with E-state index in [0.29, 0.717) is 10.6 Å². The molecule has 0 spiro atoms. The summed E-state index contributed by atoms with van der Waals surface area (Å²) in [5.41, 5.74) is 2.13. The molecule has 24 heavy (non-hydrogen) atoms. The van der Waals surface area contributed by atoms with Gasteiger partial charge in [-0.3, -0.25) is 5.41 Å². The third-order valence-electron chi connectivity index (χ3n) is 4.10. The lowest BCUT2D eigenvalue weighted by molar-refractivity contribution is 0.411. The largest absolute Gasteiger partial charge is 0.510 e. The predicted molar refractivity (Wildman–Crippen MR) is 97.1 cm³/mol. The van der Waals surface area contributed by atoms with E-state index in [0.717, 1.165) is 22.2 Å². The fraction of sp³-hybridized carbons (Fsp3) is 0.111. The SMILES string of the molecule is Cc1csc(C2=C(O)CN(c3cccc4c(O)cccc34)C2=N)n1. The summed E-state index contributed by atoms with van der Waals surface area (Å²) < 4.78 is 0. The summed E-state index contributed by atoms with van der Waals surface area (Å²) >= 11 is 1.42. The molecule has 120 valence electrons. The van der Waals surface area contributed by atoms with Crippen LogP contribution in [-0.4, -0.2) is 27.6 Å². The van der Waals surface area contributed by atoms with E-state index in [1.165, 1.54) is 11.3 Å². The average molecular weight is 337 g/mol. The number of nitrogens with one attached hydrogen (secondary N) is 1. The van der Waals surface area contributed by atoms with Crippen LogP contribution in [-0.2, 0) is 0 Å². The first kappa shape index (κ1) is 14.7. The van der Waals surface area contributed by atoms with Crippen LogP contribution in [0.15, 0.2) is 47.5 Å². The molecule has 0 amide bonds.